The average Bonchev–Trinajstić information content (AvgIpc) is 3.24. The number of hydrogen-bond acceptors (Lipinski definition) is 7. The number of benzene rings is 2. The van der Waals surface area contributed by atoms with Crippen molar-refractivity contribution in [3.63, 3.8) is 0 Å². The van der Waals surface area contributed by atoms with Crippen molar-refractivity contribution in [2.24, 2.45) is 0 Å². The normalized spacial score (nSPS) is 14.7. The minimum absolute atomic E-state index is 0.336. The Kier molecular flexibility index (Phi) is 5.92. The molecule has 4 aromatic rings. The lowest BCUT2D eigenvalue weighted by atomic mass is 10.2. The summed E-state index contributed by atoms with van der Waals surface area (Å²) in [5.74, 6) is 2.22. The number of rotatable bonds is 6. The number of piperazine rings is 1. The quantitative estimate of drug-likeness (QED) is 0.473. The third-order valence-corrected chi connectivity index (χ3v) is 6.86. The smallest absolute Gasteiger partial charge is 0.223 e. The fraction of sp³-hybridized carbons (Fsp3) is 0.280. The van der Waals surface area contributed by atoms with E-state index in [4.69, 9.17) is 10.5 Å². The van der Waals surface area contributed by atoms with Crippen molar-refractivity contribution in [2.75, 3.05) is 50.0 Å². The molecule has 2 aromatic carbocycles. The number of nitrogens with two attached hydrogens (primary N) is 1. The Morgan fingerprint density at radius 3 is 2.56 bits per heavy atom. The van der Waals surface area contributed by atoms with Gasteiger partial charge in [-0.1, -0.05) is 42.5 Å². The predicted molar refractivity (Wildman–Crippen MR) is 133 cm³/mol. The Labute approximate surface area is 192 Å². The molecule has 0 amide bonds. The lowest BCUT2D eigenvalue weighted by Crippen LogP contribution is -2.47. The lowest BCUT2D eigenvalue weighted by Gasteiger charge is -2.35. The van der Waals surface area contributed by atoms with Crippen molar-refractivity contribution < 1.29 is 4.74 Å². The molecule has 2 N–H and O–H groups in total. The number of nitrogen functional groups attached to an aromatic ring is 1. The van der Waals surface area contributed by atoms with Crippen LogP contribution in [0.15, 0.2) is 60.7 Å². The predicted octanol–water partition coefficient (Wildman–Crippen LogP) is 4.45. The Balaban J connectivity index is 1.25. The van der Waals surface area contributed by atoms with E-state index in [0.717, 1.165) is 54.5 Å². The number of aromatic nitrogens is 2. The van der Waals surface area contributed by atoms with Gasteiger partial charge in [0.1, 0.15) is 23.0 Å². The van der Waals surface area contributed by atoms with Crippen LogP contribution in [0.5, 0.6) is 5.75 Å². The molecule has 1 fully saturated rings. The molecule has 0 atom stereocenters. The zero-order valence-corrected chi connectivity index (χ0v) is 19.0. The van der Waals surface area contributed by atoms with E-state index in [1.807, 2.05) is 18.2 Å². The molecular weight excluding hydrogens is 418 g/mol. The van der Waals surface area contributed by atoms with Gasteiger partial charge in [-0.15, -0.1) is 11.3 Å². The number of aryl methyl sites for hydroxylation is 1. The van der Waals surface area contributed by atoms with E-state index in [2.05, 4.69) is 69.2 Å². The minimum atomic E-state index is 0.336. The Bertz CT molecular complexity index is 1200. The number of hydrogen-bond donors (Lipinski definition) is 1. The molecule has 6 nitrogen and oxygen atoms in total. The highest BCUT2D eigenvalue weighted by Crippen LogP contribution is 2.37. The first-order valence-corrected chi connectivity index (χ1v) is 11.8. The summed E-state index contributed by atoms with van der Waals surface area (Å²) in [7, 11) is 0. The van der Waals surface area contributed by atoms with E-state index < -0.39 is 0 Å². The maximum absolute atomic E-state index is 6.07. The number of fused-ring (bicyclic) bond motifs is 1. The van der Waals surface area contributed by atoms with E-state index in [0.29, 0.717) is 12.6 Å². The van der Waals surface area contributed by atoms with Gasteiger partial charge in [-0.2, -0.15) is 4.98 Å². The van der Waals surface area contributed by atoms with Crippen molar-refractivity contribution in [1.29, 1.82) is 0 Å². The highest BCUT2D eigenvalue weighted by molar-refractivity contribution is 7.22. The van der Waals surface area contributed by atoms with Gasteiger partial charge in [-0.25, -0.2) is 4.98 Å². The topological polar surface area (TPSA) is 67.5 Å². The first-order valence-electron chi connectivity index (χ1n) is 10.9. The van der Waals surface area contributed by atoms with E-state index >= 15 is 0 Å². The van der Waals surface area contributed by atoms with Gasteiger partial charge in [0.25, 0.3) is 0 Å². The van der Waals surface area contributed by atoms with E-state index in [-0.39, 0.29) is 0 Å². The van der Waals surface area contributed by atoms with Gasteiger partial charge < -0.3 is 15.4 Å². The molecule has 0 radical (unpaired) electrons. The van der Waals surface area contributed by atoms with Gasteiger partial charge in [0.2, 0.25) is 5.95 Å². The van der Waals surface area contributed by atoms with Crippen LogP contribution in [0, 0.1) is 6.92 Å². The number of nitrogens with zero attached hydrogens (tertiary/aromatic N) is 4. The van der Waals surface area contributed by atoms with Crippen molar-refractivity contribution in [2.45, 2.75) is 6.92 Å². The molecule has 5 rings (SSSR count). The molecular formula is C25H27N5OS. The molecule has 0 unspecified atom stereocenters. The fourth-order valence-electron chi connectivity index (χ4n) is 4.09. The molecule has 1 aliphatic heterocycles. The Morgan fingerprint density at radius 2 is 1.78 bits per heavy atom. The monoisotopic (exact) mass is 445 g/mol. The van der Waals surface area contributed by atoms with Crippen LogP contribution in [-0.2, 0) is 0 Å². The average molecular weight is 446 g/mol. The first kappa shape index (κ1) is 20.7. The molecule has 2 aromatic heterocycles. The van der Waals surface area contributed by atoms with Crippen LogP contribution in [0.4, 0.5) is 11.8 Å². The van der Waals surface area contributed by atoms with Crippen LogP contribution in [-0.4, -0.2) is 54.2 Å². The van der Waals surface area contributed by atoms with Crippen molar-refractivity contribution in [1.82, 2.24) is 14.9 Å². The molecule has 0 saturated carbocycles. The van der Waals surface area contributed by atoms with E-state index in [1.54, 1.807) is 11.3 Å². The second-order valence-electron chi connectivity index (χ2n) is 8.09. The maximum atomic E-state index is 6.07. The van der Waals surface area contributed by atoms with Gasteiger partial charge in [0.05, 0.1) is 5.39 Å². The minimum Gasteiger partial charge on any atom is -0.492 e. The summed E-state index contributed by atoms with van der Waals surface area (Å²) in [6.45, 7) is 7.45. The molecule has 164 valence electrons. The molecule has 0 aliphatic carbocycles. The van der Waals surface area contributed by atoms with Crippen LogP contribution in [0.3, 0.4) is 0 Å². The Hall–Kier alpha value is -3.16. The fourth-order valence-corrected chi connectivity index (χ4v) is 5.13. The zero-order valence-electron chi connectivity index (χ0n) is 18.2. The highest BCUT2D eigenvalue weighted by Gasteiger charge is 2.22. The summed E-state index contributed by atoms with van der Waals surface area (Å²) in [5.41, 5.74) is 8.48. The van der Waals surface area contributed by atoms with Gasteiger partial charge in [-0.05, 0) is 36.2 Å². The van der Waals surface area contributed by atoms with Gasteiger partial charge in [0, 0.05) is 37.6 Å². The van der Waals surface area contributed by atoms with Crippen LogP contribution < -0.4 is 15.4 Å². The molecule has 1 aliphatic rings. The SMILES string of the molecule is Cc1cccc(OCCN2CCN(c3nc(N)nc4sc(-c5ccccc5)cc34)CC2)c1. The molecule has 0 spiro atoms. The highest BCUT2D eigenvalue weighted by atomic mass is 32.1. The second-order valence-corrected chi connectivity index (χ2v) is 9.13. The van der Waals surface area contributed by atoms with E-state index in [9.17, 15) is 0 Å². The molecule has 0 bridgehead atoms. The van der Waals surface area contributed by atoms with Crippen LogP contribution in [0.25, 0.3) is 20.7 Å². The maximum Gasteiger partial charge on any atom is 0.223 e. The molecule has 1 saturated heterocycles. The van der Waals surface area contributed by atoms with Crippen LogP contribution >= 0.6 is 11.3 Å². The largest absolute Gasteiger partial charge is 0.492 e. The molecule has 3 heterocycles. The zero-order chi connectivity index (χ0) is 21.9. The number of thiophene rings is 1. The third-order valence-electron chi connectivity index (χ3n) is 5.79. The first-order chi connectivity index (χ1) is 15.7. The van der Waals surface area contributed by atoms with Gasteiger partial charge in [-0.3, -0.25) is 4.90 Å². The summed E-state index contributed by atoms with van der Waals surface area (Å²) in [6.07, 6.45) is 0. The summed E-state index contributed by atoms with van der Waals surface area (Å²) < 4.78 is 5.93. The molecule has 7 heteroatoms. The summed E-state index contributed by atoms with van der Waals surface area (Å²) in [4.78, 5) is 16.0. The molecule has 32 heavy (non-hydrogen) atoms. The van der Waals surface area contributed by atoms with Crippen LogP contribution in [0.2, 0.25) is 0 Å². The van der Waals surface area contributed by atoms with Crippen LogP contribution in [0.1, 0.15) is 5.56 Å². The third kappa shape index (κ3) is 4.54. The summed E-state index contributed by atoms with van der Waals surface area (Å²) in [6, 6.07) is 20.8. The van der Waals surface area contributed by atoms with Crippen molar-refractivity contribution in [3.8, 4) is 16.2 Å². The number of anilines is 2. The second kappa shape index (κ2) is 9.14. The van der Waals surface area contributed by atoms with Crippen molar-refractivity contribution >= 4 is 33.3 Å². The van der Waals surface area contributed by atoms with Gasteiger partial charge in [0.15, 0.2) is 0 Å². The van der Waals surface area contributed by atoms with Gasteiger partial charge >= 0.3 is 0 Å². The Morgan fingerprint density at radius 1 is 0.969 bits per heavy atom. The summed E-state index contributed by atoms with van der Waals surface area (Å²) >= 11 is 1.67. The standard InChI is InChI=1S/C25H27N5OS/c1-18-6-5-9-20(16-18)31-15-14-29-10-12-30(13-11-29)23-21-17-22(19-7-3-2-4-8-19)32-24(21)28-25(26)27-23/h2-9,16-17H,10-15H2,1H3,(H2,26,27,28). The lowest BCUT2D eigenvalue weighted by molar-refractivity contribution is 0.200. The van der Waals surface area contributed by atoms with E-state index in [1.165, 1.54) is 16.0 Å². The van der Waals surface area contributed by atoms with Crippen molar-refractivity contribution in [3.05, 3.63) is 66.2 Å². The summed E-state index contributed by atoms with van der Waals surface area (Å²) in [5, 5.41) is 1.08. The number of ether oxygens (including phenoxy) is 1.